The predicted molar refractivity (Wildman–Crippen MR) is 240 cm³/mol. The first-order valence-electron chi connectivity index (χ1n) is 21.0. The number of benzene rings is 3. The van der Waals surface area contributed by atoms with Crippen molar-refractivity contribution in [3.05, 3.63) is 88.6 Å². The Kier molecular flexibility index (Phi) is 14.9. The molecule has 6 N–H and O–H groups in total. The second kappa shape index (κ2) is 21.0. The third-order valence-electron chi connectivity index (χ3n) is 11.0. The molecule has 3 aromatic carbocycles. The summed E-state index contributed by atoms with van der Waals surface area (Å²) < 4.78 is 11.5. The van der Waals surface area contributed by atoms with E-state index in [2.05, 4.69) is 51.7 Å². The van der Waals surface area contributed by atoms with E-state index in [4.69, 9.17) is 21.1 Å². The minimum atomic E-state index is -1.05. The third kappa shape index (κ3) is 10.7. The molecule has 19 nitrogen and oxygen atoms in total. The number of para-hydroxylation sites is 1. The third-order valence-corrected chi connectivity index (χ3v) is 11.3. The van der Waals surface area contributed by atoms with Crippen molar-refractivity contribution < 1.29 is 38.2 Å². The Bertz CT molecular complexity index is 2410. The van der Waals surface area contributed by atoms with E-state index >= 15 is 0 Å². The van der Waals surface area contributed by atoms with Gasteiger partial charge in [0, 0.05) is 89.8 Å². The van der Waals surface area contributed by atoms with E-state index in [1.165, 1.54) is 12.3 Å². The number of methoxy groups -OCH3 is 1. The van der Waals surface area contributed by atoms with E-state index in [0.29, 0.717) is 47.3 Å². The van der Waals surface area contributed by atoms with Crippen LogP contribution < -0.4 is 41.5 Å². The fourth-order valence-electron chi connectivity index (χ4n) is 7.70. The monoisotopic (exact) mass is 895 g/mol. The van der Waals surface area contributed by atoms with Crippen molar-refractivity contribution in [3.63, 3.8) is 0 Å². The van der Waals surface area contributed by atoms with Gasteiger partial charge in [-0.25, -0.2) is 4.98 Å². The van der Waals surface area contributed by atoms with Gasteiger partial charge in [0.05, 0.1) is 48.0 Å². The summed E-state index contributed by atoms with van der Waals surface area (Å²) in [5, 5.41) is 17.4. The number of rotatable bonds is 19. The predicted octanol–water partition coefficient (Wildman–Crippen LogP) is 3.53. The molecule has 3 aliphatic rings. The molecule has 2 saturated heterocycles. The molecule has 64 heavy (non-hydrogen) atoms. The molecule has 0 radical (unpaired) electrons. The number of aromatic nitrogens is 2. The molecule has 1 aromatic heterocycles. The maximum atomic E-state index is 13.3. The number of ether oxygens (including phenoxy) is 2. The van der Waals surface area contributed by atoms with E-state index in [0.717, 1.165) is 49.7 Å². The number of carbonyl (C=O) groups is 6. The number of nitrogens with zero attached hydrogens (tertiary/aromatic N) is 5. The maximum Gasteiger partial charge on any atom is 0.264 e. The molecule has 0 bridgehead atoms. The van der Waals surface area contributed by atoms with E-state index in [9.17, 15) is 28.8 Å². The molecule has 4 heterocycles. The zero-order valence-corrected chi connectivity index (χ0v) is 36.3. The van der Waals surface area contributed by atoms with Crippen LogP contribution in [-0.2, 0) is 19.1 Å². The molecule has 1 atom stereocenters. The summed E-state index contributed by atoms with van der Waals surface area (Å²) in [4.78, 5) is 89.7. The van der Waals surface area contributed by atoms with Crippen LogP contribution in [0.4, 0.5) is 34.5 Å². The molecule has 0 spiro atoms. The van der Waals surface area contributed by atoms with Crippen LogP contribution in [0.1, 0.15) is 56.8 Å². The average molecular weight is 896 g/mol. The normalized spacial score (nSPS) is 16.3. The van der Waals surface area contributed by atoms with Gasteiger partial charge < -0.3 is 41.0 Å². The number of piperidine rings is 1. The molecule has 6 amide bonds. The van der Waals surface area contributed by atoms with E-state index < -0.39 is 29.7 Å². The van der Waals surface area contributed by atoms with Gasteiger partial charge in [0.25, 0.3) is 17.7 Å². The zero-order valence-electron chi connectivity index (χ0n) is 35.5. The number of nitrogens with one attached hydrogen (secondary N) is 6. The van der Waals surface area contributed by atoms with Crippen LogP contribution in [0.25, 0.3) is 0 Å². The smallest absolute Gasteiger partial charge is 0.264 e. The maximum absolute atomic E-state index is 13.3. The minimum absolute atomic E-state index is 0.0421. The highest BCUT2D eigenvalue weighted by atomic mass is 35.5. The lowest BCUT2D eigenvalue weighted by molar-refractivity contribution is -0.136. The molecule has 336 valence electrons. The first kappa shape index (κ1) is 45.2. The number of hydrogen-bond acceptors (Lipinski definition) is 15. The summed E-state index contributed by atoms with van der Waals surface area (Å²) in [5.74, 6) is -1.45. The highest BCUT2D eigenvalue weighted by Crippen LogP contribution is 2.34. The van der Waals surface area contributed by atoms with Crippen LogP contribution in [0.5, 0.6) is 5.75 Å². The second-order valence-corrected chi connectivity index (χ2v) is 15.6. The number of fused-ring (bicyclic) bond motifs is 1. The zero-order chi connectivity index (χ0) is 45.2. The summed E-state index contributed by atoms with van der Waals surface area (Å²) in [6.45, 7) is 5.69. The SMILES string of the molecule is CNC(=O)c1ccccc1Nc1nc(Nc2ccc(N3CCN(CCCOCCC(=O)NCCNc4cccc5c4C(=O)N(C4CCC(=O)NC4=O)C5=O)CC3)cc2OC)ncc1Cl. The van der Waals surface area contributed by atoms with E-state index in [-0.39, 0.29) is 66.3 Å². The van der Waals surface area contributed by atoms with Gasteiger partial charge >= 0.3 is 0 Å². The van der Waals surface area contributed by atoms with Crippen LogP contribution in [-0.4, -0.2) is 134 Å². The number of amides is 6. The average Bonchev–Trinajstić information content (AvgIpc) is 3.56. The summed E-state index contributed by atoms with van der Waals surface area (Å²) in [6.07, 6.45) is 2.63. The van der Waals surface area contributed by atoms with Gasteiger partial charge in [0.15, 0.2) is 5.82 Å². The highest BCUT2D eigenvalue weighted by molar-refractivity contribution is 6.33. The Labute approximate surface area is 374 Å². The topological polar surface area (TPSA) is 229 Å². The largest absolute Gasteiger partial charge is 0.494 e. The number of carbonyl (C=O) groups excluding carboxylic acids is 6. The van der Waals surface area contributed by atoms with Crippen molar-refractivity contribution in [2.45, 2.75) is 31.7 Å². The molecule has 2 fully saturated rings. The van der Waals surface area contributed by atoms with Crippen molar-refractivity contribution in [2.75, 3.05) is 94.0 Å². The number of imide groups is 2. The number of piperazine rings is 1. The first-order chi connectivity index (χ1) is 31.0. The first-order valence-corrected chi connectivity index (χ1v) is 21.4. The lowest BCUT2D eigenvalue weighted by Gasteiger charge is -2.36. The molecule has 1 unspecified atom stereocenters. The summed E-state index contributed by atoms with van der Waals surface area (Å²) in [7, 11) is 3.17. The minimum Gasteiger partial charge on any atom is -0.494 e. The Morgan fingerprint density at radius 1 is 0.906 bits per heavy atom. The molecule has 3 aliphatic heterocycles. The van der Waals surface area contributed by atoms with Crippen LogP contribution in [0.15, 0.2) is 66.9 Å². The van der Waals surface area contributed by atoms with Gasteiger partial charge in [-0.1, -0.05) is 29.8 Å². The Morgan fingerprint density at radius 3 is 2.48 bits per heavy atom. The molecular weight excluding hydrogens is 846 g/mol. The van der Waals surface area contributed by atoms with Crippen LogP contribution in [0.3, 0.4) is 0 Å². The molecule has 7 rings (SSSR count). The van der Waals surface area contributed by atoms with Crippen LogP contribution in [0, 0.1) is 0 Å². The standard InChI is InChI=1S/C44H50ClN11O8/c1-46-40(59)28-7-3-4-9-31(28)50-39-30(45)26-49-44(53-39)51-32-12-11-27(25-35(32)63-2)55-21-19-54(20-22-55)18-6-23-64-24-15-36(57)48-17-16-47-33-10-5-8-29-38(33)43(62)56(42(29)61)34-13-14-37(58)52-41(34)60/h3-5,7-12,25-26,34,47H,6,13-24H2,1-2H3,(H,46,59)(H,48,57)(H,52,58,60)(H2,49,50,51,53). The molecule has 0 saturated carbocycles. The Morgan fingerprint density at radius 2 is 1.70 bits per heavy atom. The van der Waals surface area contributed by atoms with Crippen molar-refractivity contribution >= 4 is 81.6 Å². The lowest BCUT2D eigenvalue weighted by atomic mass is 10.0. The molecule has 20 heteroatoms. The summed E-state index contributed by atoms with van der Waals surface area (Å²) >= 11 is 6.42. The number of anilines is 6. The highest BCUT2D eigenvalue weighted by Gasteiger charge is 2.45. The van der Waals surface area contributed by atoms with Gasteiger partial charge in [-0.15, -0.1) is 0 Å². The number of hydrogen-bond donors (Lipinski definition) is 6. The van der Waals surface area contributed by atoms with Gasteiger partial charge in [0.1, 0.15) is 16.8 Å². The Hall–Kier alpha value is -6.83. The lowest BCUT2D eigenvalue weighted by Crippen LogP contribution is -2.54. The summed E-state index contributed by atoms with van der Waals surface area (Å²) in [5.41, 5.74) is 3.46. The Balaban J connectivity index is 0.783. The molecule has 4 aromatic rings. The van der Waals surface area contributed by atoms with Gasteiger partial charge in [-0.3, -0.25) is 43.9 Å². The fraction of sp³-hybridized carbons (Fsp3) is 0.364. The molecular formula is C44H50ClN11O8. The van der Waals surface area contributed by atoms with Gasteiger partial charge in [0.2, 0.25) is 23.7 Å². The van der Waals surface area contributed by atoms with Crippen LogP contribution >= 0.6 is 11.6 Å². The van der Waals surface area contributed by atoms with E-state index in [1.54, 1.807) is 44.5 Å². The fourth-order valence-corrected chi connectivity index (χ4v) is 7.84. The molecule has 0 aliphatic carbocycles. The number of halogens is 1. The quantitative estimate of drug-likeness (QED) is 0.0585. The van der Waals surface area contributed by atoms with Crippen molar-refractivity contribution in [3.8, 4) is 5.75 Å². The second-order valence-electron chi connectivity index (χ2n) is 15.1. The van der Waals surface area contributed by atoms with E-state index in [1.807, 2.05) is 24.3 Å². The van der Waals surface area contributed by atoms with Crippen molar-refractivity contribution in [1.29, 1.82) is 0 Å². The van der Waals surface area contributed by atoms with Crippen molar-refractivity contribution in [2.24, 2.45) is 0 Å². The van der Waals surface area contributed by atoms with Crippen molar-refractivity contribution in [1.82, 2.24) is 35.7 Å². The summed E-state index contributed by atoms with van der Waals surface area (Å²) in [6, 6.07) is 16.8. The van der Waals surface area contributed by atoms with Gasteiger partial charge in [-0.05, 0) is 49.2 Å². The van der Waals surface area contributed by atoms with Crippen LogP contribution in [0.2, 0.25) is 5.02 Å². The van der Waals surface area contributed by atoms with Gasteiger partial charge in [-0.2, -0.15) is 4.98 Å².